The Morgan fingerprint density at radius 3 is 2.52 bits per heavy atom. The maximum absolute atomic E-state index is 5.42. The summed E-state index contributed by atoms with van der Waals surface area (Å²) < 4.78 is 5.42. The molecule has 0 aromatic carbocycles. The maximum Gasteiger partial charge on any atom is 0.227 e. The average molecular weight is 289 g/mol. The van der Waals surface area contributed by atoms with Gasteiger partial charge in [-0.25, -0.2) is 4.98 Å². The van der Waals surface area contributed by atoms with E-state index in [0.29, 0.717) is 12.1 Å². The van der Waals surface area contributed by atoms with E-state index in [4.69, 9.17) is 9.72 Å². The zero-order valence-corrected chi connectivity index (χ0v) is 12.6. The molecule has 2 atom stereocenters. The number of anilines is 2. The number of aromatic nitrogens is 2. The van der Waals surface area contributed by atoms with Gasteiger partial charge in [0.15, 0.2) is 0 Å². The second-order valence-electron chi connectivity index (χ2n) is 6.31. The van der Waals surface area contributed by atoms with Gasteiger partial charge in [0, 0.05) is 50.0 Å². The van der Waals surface area contributed by atoms with E-state index in [1.165, 1.54) is 12.8 Å². The molecule has 3 saturated heterocycles. The summed E-state index contributed by atoms with van der Waals surface area (Å²) in [6.07, 6.45) is 2.59. The van der Waals surface area contributed by atoms with Gasteiger partial charge in [-0.1, -0.05) is 0 Å². The summed E-state index contributed by atoms with van der Waals surface area (Å²) in [5, 5.41) is 3.67. The molecule has 1 N–H and O–H groups in total. The first-order chi connectivity index (χ1) is 10.3. The Bertz CT molecular complexity index is 505. The van der Waals surface area contributed by atoms with Gasteiger partial charge < -0.3 is 19.9 Å². The molecule has 21 heavy (non-hydrogen) atoms. The Labute approximate surface area is 125 Å². The number of aryl methyl sites for hydroxylation is 1. The smallest absolute Gasteiger partial charge is 0.227 e. The predicted octanol–water partition coefficient (Wildman–Crippen LogP) is 0.562. The first-order valence-corrected chi connectivity index (χ1v) is 7.97. The molecule has 1 aromatic heterocycles. The molecule has 4 heterocycles. The van der Waals surface area contributed by atoms with Gasteiger partial charge in [-0.05, 0) is 19.8 Å². The Kier molecular flexibility index (Phi) is 3.43. The van der Waals surface area contributed by atoms with E-state index in [0.717, 1.165) is 56.9 Å². The Morgan fingerprint density at radius 2 is 1.81 bits per heavy atom. The third-order valence-electron chi connectivity index (χ3n) is 4.66. The zero-order valence-electron chi connectivity index (χ0n) is 12.6. The lowest BCUT2D eigenvalue weighted by Gasteiger charge is -2.34. The monoisotopic (exact) mass is 289 g/mol. The lowest BCUT2D eigenvalue weighted by atomic mass is 10.2. The molecule has 0 spiro atoms. The van der Waals surface area contributed by atoms with Crippen molar-refractivity contribution in [3.05, 3.63) is 11.8 Å². The summed E-state index contributed by atoms with van der Waals surface area (Å²) in [5.74, 6) is 1.95. The number of ether oxygens (including phenoxy) is 1. The van der Waals surface area contributed by atoms with E-state index in [9.17, 15) is 0 Å². The number of nitrogens with one attached hydrogen (secondary N) is 1. The minimum atomic E-state index is 0.630. The van der Waals surface area contributed by atoms with Crippen molar-refractivity contribution in [3.8, 4) is 0 Å². The Hall–Kier alpha value is -1.40. The van der Waals surface area contributed by atoms with Crippen molar-refractivity contribution in [3.63, 3.8) is 0 Å². The van der Waals surface area contributed by atoms with Crippen LogP contribution in [0.3, 0.4) is 0 Å². The first kappa shape index (κ1) is 13.3. The quantitative estimate of drug-likeness (QED) is 0.859. The average Bonchev–Trinajstić information content (AvgIpc) is 2.86. The van der Waals surface area contributed by atoms with Crippen molar-refractivity contribution in [2.75, 3.05) is 49.2 Å². The maximum atomic E-state index is 5.42. The molecule has 3 aliphatic heterocycles. The van der Waals surface area contributed by atoms with Crippen LogP contribution in [0.25, 0.3) is 0 Å². The van der Waals surface area contributed by atoms with Crippen LogP contribution in [0.1, 0.15) is 18.5 Å². The van der Waals surface area contributed by atoms with Crippen molar-refractivity contribution >= 4 is 11.8 Å². The molecule has 3 aliphatic rings. The van der Waals surface area contributed by atoms with E-state index < -0.39 is 0 Å². The Balaban J connectivity index is 1.58. The third-order valence-corrected chi connectivity index (χ3v) is 4.66. The van der Waals surface area contributed by atoms with Crippen molar-refractivity contribution in [2.45, 2.75) is 31.8 Å². The minimum Gasteiger partial charge on any atom is -0.378 e. The van der Waals surface area contributed by atoms with Crippen LogP contribution in [0.2, 0.25) is 0 Å². The van der Waals surface area contributed by atoms with Crippen LogP contribution in [0.15, 0.2) is 6.07 Å². The van der Waals surface area contributed by atoms with Gasteiger partial charge in [-0.3, -0.25) is 0 Å². The lowest BCUT2D eigenvalue weighted by Crippen LogP contribution is -2.51. The number of rotatable bonds is 2. The molecule has 0 aliphatic carbocycles. The van der Waals surface area contributed by atoms with Crippen molar-refractivity contribution < 1.29 is 4.74 Å². The van der Waals surface area contributed by atoms with Gasteiger partial charge >= 0.3 is 0 Å². The summed E-state index contributed by atoms with van der Waals surface area (Å²) in [6.45, 7) is 7.50. The second kappa shape index (κ2) is 5.42. The molecular weight excluding hydrogens is 266 g/mol. The van der Waals surface area contributed by atoms with E-state index in [1.807, 2.05) is 0 Å². The molecular formula is C15H23N5O. The van der Waals surface area contributed by atoms with Crippen molar-refractivity contribution in [2.24, 2.45) is 0 Å². The summed E-state index contributed by atoms with van der Waals surface area (Å²) in [5.41, 5.74) is 1.05. The van der Waals surface area contributed by atoms with E-state index >= 15 is 0 Å². The predicted molar refractivity (Wildman–Crippen MR) is 82.0 cm³/mol. The molecule has 2 bridgehead atoms. The van der Waals surface area contributed by atoms with Crippen LogP contribution in [-0.2, 0) is 4.74 Å². The number of hydrogen-bond donors (Lipinski definition) is 1. The van der Waals surface area contributed by atoms with Crippen LogP contribution < -0.4 is 15.1 Å². The summed E-state index contributed by atoms with van der Waals surface area (Å²) >= 11 is 0. The molecule has 0 amide bonds. The fourth-order valence-electron chi connectivity index (χ4n) is 3.59. The van der Waals surface area contributed by atoms with Gasteiger partial charge in [0.25, 0.3) is 0 Å². The number of nitrogens with zero attached hydrogens (tertiary/aromatic N) is 4. The number of piperazine rings is 1. The van der Waals surface area contributed by atoms with Crippen LogP contribution in [0, 0.1) is 6.92 Å². The highest BCUT2D eigenvalue weighted by molar-refractivity contribution is 5.47. The van der Waals surface area contributed by atoms with Gasteiger partial charge in [0.2, 0.25) is 5.95 Å². The topological polar surface area (TPSA) is 53.5 Å². The van der Waals surface area contributed by atoms with Crippen LogP contribution >= 0.6 is 0 Å². The van der Waals surface area contributed by atoms with Gasteiger partial charge in [-0.2, -0.15) is 4.98 Å². The first-order valence-electron chi connectivity index (χ1n) is 7.97. The molecule has 6 nitrogen and oxygen atoms in total. The highest BCUT2D eigenvalue weighted by atomic mass is 16.5. The fraction of sp³-hybridized carbons (Fsp3) is 0.733. The molecule has 0 saturated carbocycles. The summed E-state index contributed by atoms with van der Waals surface area (Å²) in [6, 6.07) is 3.38. The highest BCUT2D eigenvalue weighted by Gasteiger charge is 2.33. The van der Waals surface area contributed by atoms with E-state index in [-0.39, 0.29) is 0 Å². The van der Waals surface area contributed by atoms with Gasteiger partial charge in [0.1, 0.15) is 5.82 Å². The molecule has 6 heteroatoms. The second-order valence-corrected chi connectivity index (χ2v) is 6.31. The third kappa shape index (κ3) is 2.70. The van der Waals surface area contributed by atoms with Crippen LogP contribution in [0.4, 0.5) is 11.8 Å². The highest BCUT2D eigenvalue weighted by Crippen LogP contribution is 2.25. The molecule has 114 valence electrons. The molecule has 4 rings (SSSR count). The lowest BCUT2D eigenvalue weighted by molar-refractivity contribution is 0.122. The number of morpholine rings is 1. The summed E-state index contributed by atoms with van der Waals surface area (Å²) in [7, 11) is 0. The molecule has 3 fully saturated rings. The van der Waals surface area contributed by atoms with Crippen LogP contribution in [-0.4, -0.2) is 61.4 Å². The number of hydrogen-bond acceptors (Lipinski definition) is 6. The molecule has 0 unspecified atom stereocenters. The Morgan fingerprint density at radius 1 is 1.10 bits per heavy atom. The zero-order chi connectivity index (χ0) is 14.2. The summed E-state index contributed by atoms with van der Waals surface area (Å²) in [4.78, 5) is 14.1. The number of fused-ring (bicyclic) bond motifs is 2. The van der Waals surface area contributed by atoms with E-state index in [2.05, 4.69) is 33.1 Å². The van der Waals surface area contributed by atoms with E-state index in [1.54, 1.807) is 0 Å². The molecule has 1 aromatic rings. The van der Waals surface area contributed by atoms with Gasteiger partial charge in [0.05, 0.1) is 13.2 Å². The van der Waals surface area contributed by atoms with Crippen LogP contribution in [0.5, 0.6) is 0 Å². The standard InChI is InChI=1S/C15H23N5O/c1-11-8-14(20-9-12-2-3-13(10-20)17-12)18-15(16-11)19-4-6-21-7-5-19/h8,12-13,17H,2-7,9-10H2,1H3/t12-,13+. The van der Waals surface area contributed by atoms with Gasteiger partial charge in [-0.15, -0.1) is 0 Å². The molecule has 0 radical (unpaired) electrons. The van der Waals surface area contributed by atoms with Crippen molar-refractivity contribution in [1.29, 1.82) is 0 Å². The normalized spacial score (nSPS) is 29.0. The minimum absolute atomic E-state index is 0.630. The fourth-order valence-corrected chi connectivity index (χ4v) is 3.59. The largest absolute Gasteiger partial charge is 0.378 e. The van der Waals surface area contributed by atoms with Crippen molar-refractivity contribution in [1.82, 2.24) is 15.3 Å². The SMILES string of the molecule is Cc1cc(N2C[C@H]3CC[C@@H](C2)N3)nc(N2CCOCC2)n1.